The molecule has 0 radical (unpaired) electrons. The van der Waals surface area contributed by atoms with Crippen LogP contribution in [0.25, 0.3) is 0 Å². The van der Waals surface area contributed by atoms with Gasteiger partial charge in [-0.15, -0.1) is 0 Å². The van der Waals surface area contributed by atoms with E-state index in [9.17, 15) is 14.9 Å². The first-order valence-electron chi connectivity index (χ1n) is 11.2. The number of fused-ring (bicyclic) bond motifs is 1. The number of methoxy groups -OCH3 is 3. The molecule has 1 N–H and O–H groups in total. The van der Waals surface area contributed by atoms with E-state index in [0.29, 0.717) is 28.5 Å². The number of nitrogens with one attached hydrogen (secondary N) is 1. The van der Waals surface area contributed by atoms with E-state index in [0.717, 1.165) is 51.1 Å². The van der Waals surface area contributed by atoms with E-state index in [1.165, 1.54) is 4.90 Å². The fourth-order valence-corrected chi connectivity index (χ4v) is 5.05. The summed E-state index contributed by atoms with van der Waals surface area (Å²) in [5.41, 5.74) is 2.34. The number of halogens is 1. The van der Waals surface area contributed by atoms with Gasteiger partial charge in [0.25, 0.3) is 5.69 Å². The van der Waals surface area contributed by atoms with Crippen LogP contribution in [0.15, 0.2) is 30.3 Å². The monoisotopic (exact) mass is 491 g/mol. The lowest BCUT2D eigenvalue weighted by Gasteiger charge is -2.35. The highest BCUT2D eigenvalue weighted by Crippen LogP contribution is 2.45. The molecule has 0 bridgehead atoms. The molecule has 34 heavy (non-hydrogen) atoms. The highest BCUT2D eigenvalue weighted by Gasteiger charge is 2.36. The third-order valence-corrected chi connectivity index (χ3v) is 6.74. The Morgan fingerprint density at radius 2 is 1.76 bits per heavy atom. The van der Waals surface area contributed by atoms with Gasteiger partial charge in [-0.1, -0.05) is 12.1 Å². The number of ether oxygens (including phenoxy) is 3. The largest absolute Gasteiger partial charge is 1.00 e. The van der Waals surface area contributed by atoms with E-state index in [-0.39, 0.29) is 34.7 Å². The predicted octanol–water partition coefficient (Wildman–Crippen LogP) is -1.23. The molecule has 1 unspecified atom stereocenters. The van der Waals surface area contributed by atoms with Crippen molar-refractivity contribution in [2.24, 2.45) is 5.92 Å². The molecule has 0 amide bonds. The van der Waals surface area contributed by atoms with Crippen molar-refractivity contribution < 1.29 is 41.2 Å². The summed E-state index contributed by atoms with van der Waals surface area (Å²) in [4.78, 5) is 27.8. The molecule has 2 aromatic rings. The molecule has 1 atom stereocenters. The van der Waals surface area contributed by atoms with Crippen molar-refractivity contribution in [1.29, 1.82) is 0 Å². The van der Waals surface area contributed by atoms with Gasteiger partial charge in [0.15, 0.2) is 17.3 Å². The van der Waals surface area contributed by atoms with E-state index >= 15 is 0 Å². The minimum absolute atomic E-state index is 0. The van der Waals surface area contributed by atoms with Crippen molar-refractivity contribution in [3.63, 3.8) is 0 Å². The second-order valence-electron chi connectivity index (χ2n) is 8.46. The van der Waals surface area contributed by atoms with Gasteiger partial charge in [0, 0.05) is 17.2 Å². The van der Waals surface area contributed by atoms with Crippen LogP contribution >= 0.6 is 0 Å². The average molecular weight is 492 g/mol. The Bertz CT molecular complexity index is 1060. The van der Waals surface area contributed by atoms with Crippen molar-refractivity contribution in [3.8, 4) is 17.2 Å². The van der Waals surface area contributed by atoms with Gasteiger partial charge < -0.3 is 36.4 Å². The van der Waals surface area contributed by atoms with Crippen LogP contribution < -0.4 is 36.4 Å². The Hall–Kier alpha value is -3.04. The van der Waals surface area contributed by atoms with Crippen molar-refractivity contribution in [2.75, 3.05) is 59.0 Å². The third kappa shape index (κ3) is 4.76. The Kier molecular flexibility index (Phi) is 8.22. The van der Waals surface area contributed by atoms with E-state index in [2.05, 4.69) is 4.90 Å². The molecule has 2 aromatic carbocycles. The number of nitro benzene ring substituents is 1. The number of nitrogens with zero attached hydrogens (tertiary/aromatic N) is 2. The molecule has 1 fully saturated rings. The molecular weight excluding hydrogens is 462 g/mol. The molecule has 0 spiro atoms. The summed E-state index contributed by atoms with van der Waals surface area (Å²) in [6.45, 7) is 3.85. The lowest BCUT2D eigenvalue weighted by molar-refractivity contribution is -0.903. The summed E-state index contributed by atoms with van der Waals surface area (Å²) in [5.74, 6) is 1.62. The number of Topliss-reactive ketones (excluding diaryl/α,β-unsaturated/α-hetero) is 1. The second-order valence-corrected chi connectivity index (χ2v) is 8.46. The first kappa shape index (κ1) is 25.6. The van der Waals surface area contributed by atoms with Crippen molar-refractivity contribution >= 4 is 17.2 Å². The normalized spacial score (nSPS) is 18.0. The van der Waals surface area contributed by atoms with Gasteiger partial charge in [-0.2, -0.15) is 0 Å². The lowest BCUT2D eigenvalue weighted by atomic mass is 9.81. The number of quaternary nitrogens is 1. The molecule has 1 aliphatic heterocycles. The number of rotatable bonds is 7. The smallest absolute Gasteiger partial charge is 0.292 e. The molecule has 184 valence electrons. The number of carbonyl (C=O) groups is 1. The van der Waals surface area contributed by atoms with Crippen LogP contribution in [-0.4, -0.2) is 64.8 Å². The number of anilines is 1. The Morgan fingerprint density at radius 3 is 2.38 bits per heavy atom. The van der Waals surface area contributed by atoms with Crippen LogP contribution in [0.4, 0.5) is 11.4 Å². The van der Waals surface area contributed by atoms with E-state index in [4.69, 9.17) is 14.2 Å². The minimum Gasteiger partial charge on any atom is -1.00 e. The Labute approximate surface area is 205 Å². The summed E-state index contributed by atoms with van der Waals surface area (Å²) < 4.78 is 16.5. The van der Waals surface area contributed by atoms with Crippen molar-refractivity contribution in [1.82, 2.24) is 0 Å². The molecule has 0 saturated carbocycles. The maximum absolute atomic E-state index is 13.4. The summed E-state index contributed by atoms with van der Waals surface area (Å²) in [6, 6.07) is 8.64. The first-order chi connectivity index (χ1) is 16.0. The zero-order valence-electron chi connectivity index (χ0n) is 19.6. The van der Waals surface area contributed by atoms with Gasteiger partial charge in [0.2, 0.25) is 5.75 Å². The van der Waals surface area contributed by atoms with Gasteiger partial charge in [-0.25, -0.2) is 0 Å². The lowest BCUT2D eigenvalue weighted by Crippen LogP contribution is -3.15. The highest BCUT2D eigenvalue weighted by atomic mass is 35.5. The number of benzene rings is 2. The number of ketones is 1. The van der Waals surface area contributed by atoms with Crippen LogP contribution in [0.2, 0.25) is 0 Å². The number of hydrogen-bond donors (Lipinski definition) is 1. The summed E-state index contributed by atoms with van der Waals surface area (Å²) in [5, 5.41) is 11.4. The molecule has 10 heteroatoms. The fraction of sp³-hybridized carbons (Fsp3) is 0.458. The molecule has 4 rings (SSSR count). The summed E-state index contributed by atoms with van der Waals surface area (Å²) in [6.07, 6.45) is 1.50. The second kappa shape index (κ2) is 10.9. The Morgan fingerprint density at radius 1 is 1.09 bits per heavy atom. The topological polar surface area (TPSA) is 95.6 Å². The van der Waals surface area contributed by atoms with E-state index in [1.54, 1.807) is 45.6 Å². The molecular formula is C24H30ClN3O6. The maximum Gasteiger partial charge on any atom is 0.292 e. The van der Waals surface area contributed by atoms with Gasteiger partial charge in [0.1, 0.15) is 5.69 Å². The predicted molar refractivity (Wildman–Crippen MR) is 123 cm³/mol. The highest BCUT2D eigenvalue weighted by molar-refractivity contribution is 6.02. The van der Waals surface area contributed by atoms with Crippen LogP contribution in [0, 0.1) is 16.0 Å². The van der Waals surface area contributed by atoms with Gasteiger partial charge in [-0.05, 0) is 25.0 Å². The van der Waals surface area contributed by atoms with Crippen LogP contribution in [0.1, 0.15) is 22.3 Å². The van der Waals surface area contributed by atoms with Crippen molar-refractivity contribution in [2.45, 2.75) is 12.8 Å². The van der Waals surface area contributed by atoms with Crippen LogP contribution in [0.3, 0.4) is 0 Å². The quantitative estimate of drug-likeness (QED) is 0.383. The van der Waals surface area contributed by atoms with Crippen molar-refractivity contribution in [3.05, 3.63) is 51.6 Å². The number of carbonyl (C=O) groups excluding carboxylic acids is 1. The number of hydrogen-bond acceptors (Lipinski definition) is 7. The first-order valence-corrected chi connectivity index (χ1v) is 11.2. The zero-order chi connectivity index (χ0) is 23.5. The van der Waals surface area contributed by atoms with Crippen LogP contribution in [-0.2, 0) is 6.42 Å². The van der Waals surface area contributed by atoms with Crippen LogP contribution in [0.5, 0.6) is 17.2 Å². The molecule has 1 saturated heterocycles. The maximum atomic E-state index is 13.4. The standard InChI is InChI=1S/C24H29N3O6.ClH/c1-31-21-14-18-17(23(32-2)24(21)33-3)9-8-16(22(18)28)15-25-10-12-26(13-11-25)19-6-4-5-7-20(19)27(29)30;/h4-7,14,16H,8-13,15H2,1-3H3;1H. The summed E-state index contributed by atoms with van der Waals surface area (Å²) in [7, 11) is 4.69. The third-order valence-electron chi connectivity index (χ3n) is 6.74. The molecule has 1 heterocycles. The molecule has 0 aromatic heterocycles. The minimum atomic E-state index is -0.329. The zero-order valence-corrected chi connectivity index (χ0v) is 20.4. The van der Waals surface area contributed by atoms with Gasteiger partial charge >= 0.3 is 0 Å². The van der Waals surface area contributed by atoms with Gasteiger partial charge in [0.05, 0.1) is 64.9 Å². The molecule has 2 aliphatic rings. The summed E-state index contributed by atoms with van der Waals surface area (Å²) >= 11 is 0. The van der Waals surface area contributed by atoms with Gasteiger partial charge in [-0.3, -0.25) is 14.9 Å². The average Bonchev–Trinajstić information content (AvgIpc) is 2.85. The number of nitro groups is 1. The molecule has 1 aliphatic carbocycles. The fourth-order valence-electron chi connectivity index (χ4n) is 5.05. The van der Waals surface area contributed by atoms with E-state index in [1.807, 2.05) is 6.07 Å². The SMILES string of the molecule is COc1cc2c(c(OC)c1OC)CCC(C[NH+]1CCN(c3ccccc3[N+](=O)[O-])CC1)C2=O.[Cl-]. The van der Waals surface area contributed by atoms with E-state index < -0.39 is 0 Å². The molecule has 9 nitrogen and oxygen atoms in total. The number of para-hydroxylation sites is 2. The Balaban J connectivity index is 0.00000324. The number of piperazine rings is 1.